The van der Waals surface area contributed by atoms with Gasteiger partial charge in [-0.05, 0) is 43.2 Å². The number of pyridine rings is 1. The molecule has 6 nitrogen and oxygen atoms in total. The molecule has 0 atom stereocenters. The van der Waals surface area contributed by atoms with Gasteiger partial charge in [0.05, 0.1) is 16.9 Å². The Bertz CT molecular complexity index is 1030. The van der Waals surface area contributed by atoms with Gasteiger partial charge in [0.25, 0.3) is 5.69 Å². The van der Waals surface area contributed by atoms with E-state index in [2.05, 4.69) is 10.3 Å². The van der Waals surface area contributed by atoms with Gasteiger partial charge < -0.3 is 5.32 Å². The molecule has 1 aromatic heterocycles. The highest BCUT2D eigenvalue weighted by atomic mass is 35.5. The number of nitro groups is 1. The molecule has 7 heteroatoms. The van der Waals surface area contributed by atoms with Gasteiger partial charge >= 0.3 is 0 Å². The lowest BCUT2D eigenvalue weighted by Crippen LogP contribution is -2.16. The van der Waals surface area contributed by atoms with Crippen molar-refractivity contribution in [1.82, 2.24) is 4.98 Å². The second-order valence-corrected chi connectivity index (χ2v) is 6.37. The van der Waals surface area contributed by atoms with Crippen LogP contribution in [0, 0.1) is 24.0 Å². The maximum absolute atomic E-state index is 12.4. The number of fused-ring (bicyclic) bond motifs is 1. The summed E-state index contributed by atoms with van der Waals surface area (Å²) in [5, 5.41) is 14.7. The van der Waals surface area contributed by atoms with Gasteiger partial charge in [0.2, 0.25) is 5.91 Å². The molecule has 26 heavy (non-hydrogen) atoms. The quantitative estimate of drug-likeness (QED) is 0.538. The van der Waals surface area contributed by atoms with E-state index in [4.69, 9.17) is 11.6 Å². The van der Waals surface area contributed by atoms with Gasteiger partial charge in [0, 0.05) is 22.8 Å². The second-order valence-electron chi connectivity index (χ2n) is 5.97. The lowest BCUT2D eigenvalue weighted by Gasteiger charge is -2.12. The molecule has 0 bridgehead atoms. The van der Waals surface area contributed by atoms with Crippen LogP contribution in [0.3, 0.4) is 0 Å². The maximum Gasteiger partial charge on any atom is 0.289 e. The van der Waals surface area contributed by atoms with Gasteiger partial charge in [-0.2, -0.15) is 0 Å². The van der Waals surface area contributed by atoms with Crippen molar-refractivity contribution in [2.75, 3.05) is 5.32 Å². The van der Waals surface area contributed by atoms with E-state index in [0.717, 1.165) is 27.7 Å². The lowest BCUT2D eigenvalue weighted by atomic mass is 9.99. The van der Waals surface area contributed by atoms with Crippen LogP contribution in [0.4, 0.5) is 11.4 Å². The fourth-order valence-corrected chi connectivity index (χ4v) is 3.11. The van der Waals surface area contributed by atoms with Crippen LogP contribution in [-0.2, 0) is 11.2 Å². The van der Waals surface area contributed by atoms with Gasteiger partial charge in [-0.1, -0.05) is 29.8 Å². The number of nitrogens with one attached hydrogen (secondary N) is 1. The van der Waals surface area contributed by atoms with Crippen molar-refractivity contribution in [1.29, 1.82) is 0 Å². The number of rotatable bonds is 4. The number of aromatic nitrogens is 1. The minimum Gasteiger partial charge on any atom is -0.326 e. The minimum atomic E-state index is -0.584. The molecule has 2 aromatic carbocycles. The molecule has 0 saturated heterocycles. The van der Waals surface area contributed by atoms with Crippen LogP contribution in [0.5, 0.6) is 0 Å². The third-order valence-electron chi connectivity index (χ3n) is 4.25. The summed E-state index contributed by atoms with van der Waals surface area (Å²) in [4.78, 5) is 27.4. The first-order valence-electron chi connectivity index (χ1n) is 7.95. The van der Waals surface area contributed by atoms with Gasteiger partial charge in [-0.25, -0.2) is 0 Å². The van der Waals surface area contributed by atoms with Gasteiger partial charge in [-0.15, -0.1) is 0 Å². The normalized spacial score (nSPS) is 10.7. The zero-order chi connectivity index (χ0) is 18.8. The Balaban J connectivity index is 1.86. The maximum atomic E-state index is 12.4. The van der Waals surface area contributed by atoms with Crippen LogP contribution in [0.25, 0.3) is 10.9 Å². The summed E-state index contributed by atoms with van der Waals surface area (Å²) in [7, 11) is 0. The van der Waals surface area contributed by atoms with Crippen molar-refractivity contribution in [2.24, 2.45) is 0 Å². The summed E-state index contributed by atoms with van der Waals surface area (Å²) >= 11 is 5.79. The number of hydrogen-bond donors (Lipinski definition) is 1. The first-order valence-corrected chi connectivity index (χ1v) is 8.33. The highest BCUT2D eigenvalue weighted by Crippen LogP contribution is 2.28. The summed E-state index contributed by atoms with van der Waals surface area (Å²) < 4.78 is 0. The predicted octanol–water partition coefficient (Wildman–Crippen LogP) is 4.59. The zero-order valence-corrected chi connectivity index (χ0v) is 15.0. The Morgan fingerprint density at radius 3 is 2.69 bits per heavy atom. The van der Waals surface area contributed by atoms with E-state index in [9.17, 15) is 14.9 Å². The van der Waals surface area contributed by atoms with E-state index in [1.165, 1.54) is 18.2 Å². The van der Waals surface area contributed by atoms with E-state index in [1.807, 2.05) is 38.1 Å². The van der Waals surface area contributed by atoms with Crippen molar-refractivity contribution in [3.8, 4) is 0 Å². The third-order valence-corrected chi connectivity index (χ3v) is 4.57. The van der Waals surface area contributed by atoms with E-state index in [1.54, 1.807) is 0 Å². The number of aryl methyl sites for hydroxylation is 2. The Hall–Kier alpha value is -2.99. The molecule has 0 spiro atoms. The molecule has 0 aliphatic rings. The molecule has 1 amide bonds. The number of nitro benzene ring substituents is 1. The van der Waals surface area contributed by atoms with Gasteiger partial charge in [0.15, 0.2) is 0 Å². The molecule has 0 unspecified atom stereocenters. The zero-order valence-electron chi connectivity index (χ0n) is 14.2. The predicted molar refractivity (Wildman–Crippen MR) is 102 cm³/mol. The number of anilines is 1. The number of benzene rings is 2. The molecular formula is C19H16ClN3O3. The largest absolute Gasteiger partial charge is 0.326 e. The summed E-state index contributed by atoms with van der Waals surface area (Å²) in [6.45, 7) is 3.84. The SMILES string of the molecule is Cc1nc2ccccc2c(C)c1CC(=O)Nc1ccc(Cl)c([N+](=O)[O-])c1. The average molecular weight is 370 g/mol. The van der Waals surface area contributed by atoms with Crippen LogP contribution >= 0.6 is 11.6 Å². The van der Waals surface area contributed by atoms with Crippen molar-refractivity contribution in [3.63, 3.8) is 0 Å². The van der Waals surface area contributed by atoms with Crippen molar-refractivity contribution < 1.29 is 9.72 Å². The first-order chi connectivity index (χ1) is 12.4. The Kier molecular flexibility index (Phi) is 4.86. The molecule has 0 aliphatic carbocycles. The summed E-state index contributed by atoms with van der Waals surface area (Å²) in [6.07, 6.45) is 0.131. The molecule has 1 heterocycles. The van der Waals surface area contributed by atoms with Crippen LogP contribution in [0.2, 0.25) is 5.02 Å². The number of para-hydroxylation sites is 1. The monoisotopic (exact) mass is 369 g/mol. The third kappa shape index (κ3) is 3.50. The summed E-state index contributed by atoms with van der Waals surface area (Å²) in [5.74, 6) is -0.273. The van der Waals surface area contributed by atoms with Crippen LogP contribution in [0.1, 0.15) is 16.8 Å². The van der Waals surface area contributed by atoms with Crippen molar-refractivity contribution in [2.45, 2.75) is 20.3 Å². The molecule has 3 rings (SSSR count). The second kappa shape index (κ2) is 7.09. The first kappa shape index (κ1) is 17.8. The molecular weight excluding hydrogens is 354 g/mol. The van der Waals surface area contributed by atoms with Crippen LogP contribution in [-0.4, -0.2) is 15.8 Å². The molecule has 0 fully saturated rings. The highest BCUT2D eigenvalue weighted by molar-refractivity contribution is 6.32. The number of nitrogens with zero attached hydrogens (tertiary/aromatic N) is 2. The topological polar surface area (TPSA) is 85.1 Å². The summed E-state index contributed by atoms with van der Waals surface area (Å²) in [5.41, 5.74) is 3.62. The van der Waals surface area contributed by atoms with Crippen molar-refractivity contribution >= 4 is 39.8 Å². The minimum absolute atomic E-state index is 0.0263. The van der Waals surface area contributed by atoms with E-state index in [0.29, 0.717) is 5.69 Å². The van der Waals surface area contributed by atoms with Gasteiger partial charge in [0.1, 0.15) is 5.02 Å². The number of hydrogen-bond acceptors (Lipinski definition) is 4. The highest BCUT2D eigenvalue weighted by Gasteiger charge is 2.16. The fraction of sp³-hybridized carbons (Fsp3) is 0.158. The number of amides is 1. The Labute approximate surface area is 155 Å². The fourth-order valence-electron chi connectivity index (χ4n) is 2.93. The van der Waals surface area contributed by atoms with E-state index in [-0.39, 0.29) is 23.0 Å². The van der Waals surface area contributed by atoms with Crippen LogP contribution < -0.4 is 5.32 Å². The smallest absolute Gasteiger partial charge is 0.289 e. The van der Waals surface area contributed by atoms with Crippen molar-refractivity contribution in [3.05, 3.63) is 74.4 Å². The van der Waals surface area contributed by atoms with E-state index < -0.39 is 4.92 Å². The Morgan fingerprint density at radius 1 is 1.23 bits per heavy atom. The number of carbonyl (C=O) groups excluding carboxylic acids is 1. The van der Waals surface area contributed by atoms with Crippen LogP contribution in [0.15, 0.2) is 42.5 Å². The Morgan fingerprint density at radius 2 is 1.96 bits per heavy atom. The summed E-state index contributed by atoms with van der Waals surface area (Å²) in [6, 6.07) is 11.9. The van der Waals surface area contributed by atoms with E-state index >= 15 is 0 Å². The molecule has 0 radical (unpaired) electrons. The lowest BCUT2D eigenvalue weighted by molar-refractivity contribution is -0.384. The molecule has 132 valence electrons. The molecule has 3 aromatic rings. The van der Waals surface area contributed by atoms with Gasteiger partial charge in [-0.3, -0.25) is 19.9 Å². The number of halogens is 1. The average Bonchev–Trinajstić information content (AvgIpc) is 2.60. The molecule has 1 N–H and O–H groups in total. The molecule has 0 saturated carbocycles. The standard InChI is InChI=1S/C19H16ClN3O3/c1-11-14-5-3-4-6-17(14)21-12(2)15(11)10-19(24)22-13-7-8-16(20)18(9-13)23(25)26/h3-9H,10H2,1-2H3,(H,22,24). The number of carbonyl (C=O) groups is 1. The molecule has 0 aliphatic heterocycles.